The van der Waals surface area contributed by atoms with Gasteiger partial charge in [0.15, 0.2) is 5.69 Å². The van der Waals surface area contributed by atoms with Crippen LogP contribution in [0.25, 0.3) is 4.85 Å². The van der Waals surface area contributed by atoms with Crippen LogP contribution in [0.4, 0.5) is 11.4 Å². The van der Waals surface area contributed by atoms with E-state index in [9.17, 15) is 4.79 Å². The zero-order valence-corrected chi connectivity index (χ0v) is 29.3. The molecule has 1 N–H and O–H groups in total. The topological polar surface area (TPSA) is 85.1 Å². The summed E-state index contributed by atoms with van der Waals surface area (Å²) in [6.45, 7) is 15.4. The lowest BCUT2D eigenvalue weighted by Crippen LogP contribution is -2.33. The van der Waals surface area contributed by atoms with E-state index in [1.807, 2.05) is 60.7 Å². The van der Waals surface area contributed by atoms with Gasteiger partial charge in [-0.2, -0.15) is 0 Å². The molecule has 0 atom stereocenters. The molecule has 266 valence electrons. The van der Waals surface area contributed by atoms with Gasteiger partial charge in [-0.3, -0.25) is 4.90 Å². The maximum absolute atomic E-state index is 11.0. The molecule has 1 heterocycles. The van der Waals surface area contributed by atoms with Crippen LogP contribution in [0.2, 0.25) is 0 Å². The Morgan fingerprint density at radius 2 is 0.981 bits per heavy atom. The van der Waals surface area contributed by atoms with Crippen LogP contribution < -0.4 is 4.90 Å². The summed E-state index contributed by atoms with van der Waals surface area (Å²) in [5.41, 5.74) is 6.52. The van der Waals surface area contributed by atoms with Crippen LogP contribution in [0.1, 0.15) is 38.2 Å². The molecule has 1 saturated heterocycles. The number of anilines is 1. The number of carboxylic acid groups (broad SMARTS) is 1. The van der Waals surface area contributed by atoms with E-state index in [0.29, 0.717) is 71.6 Å². The maximum Gasteiger partial charge on any atom is 0.335 e. The lowest BCUT2D eigenvalue weighted by Gasteiger charge is -2.25. The van der Waals surface area contributed by atoms with Crippen molar-refractivity contribution in [1.82, 2.24) is 4.90 Å². The molecule has 5 rings (SSSR count). The fraction of sp³-hybridized carbons (Fsp3) is 0.302. The van der Waals surface area contributed by atoms with Crippen molar-refractivity contribution in [2.45, 2.75) is 6.54 Å². The van der Waals surface area contributed by atoms with E-state index in [4.69, 9.17) is 30.6 Å². The second-order valence-corrected chi connectivity index (χ2v) is 12.0. The largest absolute Gasteiger partial charge is 0.478 e. The number of nitrogens with zero attached hydrogens (tertiary/aromatic N) is 3. The summed E-state index contributed by atoms with van der Waals surface area (Å²) in [5, 5.41) is 9.05. The minimum absolute atomic E-state index is 0.239. The lowest BCUT2D eigenvalue weighted by atomic mass is 10.1. The first-order valence-electron chi connectivity index (χ1n) is 17.4. The highest BCUT2D eigenvalue weighted by atomic mass is 16.5. The molecule has 1 fully saturated rings. The number of benzene rings is 4. The second kappa shape index (κ2) is 21.0. The van der Waals surface area contributed by atoms with E-state index in [0.717, 1.165) is 53.1 Å². The predicted molar refractivity (Wildman–Crippen MR) is 202 cm³/mol. The Labute approximate surface area is 306 Å². The smallest absolute Gasteiger partial charge is 0.335 e. The van der Waals surface area contributed by atoms with Crippen LogP contribution in [-0.4, -0.2) is 95.0 Å². The molecule has 52 heavy (non-hydrogen) atoms. The van der Waals surface area contributed by atoms with Crippen molar-refractivity contribution in [2.75, 3.05) is 83.9 Å². The molecule has 4 aromatic rings. The van der Waals surface area contributed by atoms with E-state index in [1.54, 1.807) is 24.3 Å². The number of rotatable bonds is 4. The van der Waals surface area contributed by atoms with E-state index in [-0.39, 0.29) is 5.56 Å². The van der Waals surface area contributed by atoms with Gasteiger partial charge in [0.05, 0.1) is 65.0 Å². The monoisotopic (exact) mass is 697 g/mol. The molecule has 0 unspecified atom stereocenters. The second-order valence-electron chi connectivity index (χ2n) is 12.0. The number of carboxylic acids is 1. The van der Waals surface area contributed by atoms with Crippen molar-refractivity contribution >= 4 is 17.3 Å². The molecule has 4 aromatic carbocycles. The standard InChI is InChI=1S/C43H43N3O6/c1-44-41-18-12-39(13-19-41)34-45-22-26-49-30-32-51-28-24-46(25-29-52-33-31-50-27-23-45)42-20-14-38(15-21-42)9-7-36-4-2-35(3-5-36)6-8-37-10-16-40(17-11-37)43(47)48/h2-5,10-21H,22-34H2,(H,47,48). The highest BCUT2D eigenvalue weighted by Crippen LogP contribution is 2.16. The van der Waals surface area contributed by atoms with Crippen LogP contribution in [0.5, 0.6) is 0 Å². The first-order chi connectivity index (χ1) is 25.6. The Kier molecular flexibility index (Phi) is 15.3. The molecule has 0 saturated carbocycles. The van der Waals surface area contributed by atoms with Gasteiger partial charge in [-0.1, -0.05) is 47.9 Å². The third-order valence-corrected chi connectivity index (χ3v) is 8.28. The quantitative estimate of drug-likeness (QED) is 0.202. The van der Waals surface area contributed by atoms with Gasteiger partial charge in [0.25, 0.3) is 0 Å². The van der Waals surface area contributed by atoms with Crippen molar-refractivity contribution in [3.63, 3.8) is 0 Å². The van der Waals surface area contributed by atoms with Gasteiger partial charge in [0, 0.05) is 60.7 Å². The van der Waals surface area contributed by atoms with Gasteiger partial charge in [0.1, 0.15) is 0 Å². The van der Waals surface area contributed by atoms with E-state index >= 15 is 0 Å². The summed E-state index contributed by atoms with van der Waals surface area (Å²) in [6.07, 6.45) is 0. The molecule has 9 heteroatoms. The van der Waals surface area contributed by atoms with E-state index in [2.05, 4.69) is 50.5 Å². The summed E-state index contributed by atoms with van der Waals surface area (Å²) in [4.78, 5) is 19.1. The molecule has 9 nitrogen and oxygen atoms in total. The Morgan fingerprint density at radius 1 is 0.577 bits per heavy atom. The highest BCUT2D eigenvalue weighted by molar-refractivity contribution is 5.87. The molecule has 0 aromatic heterocycles. The number of hydrogen-bond donors (Lipinski definition) is 1. The van der Waals surface area contributed by atoms with E-state index in [1.165, 1.54) is 0 Å². The molecular formula is C43H43N3O6. The van der Waals surface area contributed by atoms with Crippen molar-refractivity contribution in [1.29, 1.82) is 0 Å². The molecule has 1 aliphatic rings. The number of carbonyl (C=O) groups is 1. The van der Waals surface area contributed by atoms with E-state index < -0.39 is 5.97 Å². The lowest BCUT2D eigenvalue weighted by molar-refractivity contribution is 0.0211. The first kappa shape index (κ1) is 37.8. The number of hydrogen-bond acceptors (Lipinski definition) is 7. The SMILES string of the molecule is [C-]#[N+]c1ccc(CN2CCOCCOCCN(c3ccc(C#Cc4ccc(C#Cc5ccc(C(=O)O)cc5)cc4)cc3)CCOCCOCC2)cc1. The van der Waals surface area contributed by atoms with Gasteiger partial charge < -0.3 is 29.0 Å². The normalized spacial score (nSPS) is 15.4. The summed E-state index contributed by atoms with van der Waals surface area (Å²) >= 11 is 0. The summed E-state index contributed by atoms with van der Waals surface area (Å²) < 4.78 is 23.6. The van der Waals surface area contributed by atoms with Crippen LogP contribution in [0.15, 0.2) is 97.1 Å². The first-order valence-corrected chi connectivity index (χ1v) is 17.4. The molecule has 0 bridgehead atoms. The van der Waals surface area contributed by atoms with Gasteiger partial charge >= 0.3 is 5.97 Å². The van der Waals surface area contributed by atoms with Gasteiger partial charge in [0.2, 0.25) is 0 Å². The predicted octanol–water partition coefficient (Wildman–Crippen LogP) is 6.12. The van der Waals surface area contributed by atoms with Crippen LogP contribution in [0, 0.1) is 30.3 Å². The summed E-state index contributed by atoms with van der Waals surface area (Å²) in [7, 11) is 0. The molecule has 1 aliphatic heterocycles. The van der Waals surface area contributed by atoms with Crippen molar-refractivity contribution in [3.8, 4) is 23.7 Å². The molecule has 0 aliphatic carbocycles. The Morgan fingerprint density at radius 3 is 1.40 bits per heavy atom. The third kappa shape index (κ3) is 13.0. The Bertz CT molecular complexity index is 1840. The Hall–Kier alpha value is -5.44. The molecule has 0 amide bonds. The van der Waals surface area contributed by atoms with Crippen LogP contribution in [0.3, 0.4) is 0 Å². The van der Waals surface area contributed by atoms with Crippen molar-refractivity contribution in [3.05, 3.63) is 142 Å². The fourth-order valence-electron chi connectivity index (χ4n) is 5.33. The Balaban J connectivity index is 1.09. The molecule has 0 spiro atoms. The average molecular weight is 698 g/mol. The number of ether oxygens (including phenoxy) is 4. The number of aromatic carboxylic acids is 1. The van der Waals surface area contributed by atoms with Crippen LogP contribution in [-0.2, 0) is 25.5 Å². The minimum atomic E-state index is -0.954. The zero-order chi connectivity index (χ0) is 36.2. The van der Waals surface area contributed by atoms with Crippen molar-refractivity contribution < 1.29 is 28.8 Å². The maximum atomic E-state index is 11.0. The summed E-state index contributed by atoms with van der Waals surface area (Å²) in [5.74, 6) is 11.7. The van der Waals surface area contributed by atoms with Gasteiger partial charge in [-0.05, 0) is 78.4 Å². The minimum Gasteiger partial charge on any atom is -0.478 e. The zero-order valence-electron chi connectivity index (χ0n) is 29.3. The average Bonchev–Trinajstić information content (AvgIpc) is 3.18. The van der Waals surface area contributed by atoms with Gasteiger partial charge in [-0.15, -0.1) is 0 Å². The van der Waals surface area contributed by atoms with Crippen LogP contribution >= 0.6 is 0 Å². The summed E-state index contributed by atoms with van der Waals surface area (Å²) in [6, 6.07) is 30.2. The van der Waals surface area contributed by atoms with Gasteiger partial charge in [-0.25, -0.2) is 9.64 Å². The third-order valence-electron chi connectivity index (χ3n) is 8.28. The van der Waals surface area contributed by atoms with Crippen molar-refractivity contribution in [2.24, 2.45) is 0 Å². The molecular weight excluding hydrogens is 654 g/mol. The fourth-order valence-corrected chi connectivity index (χ4v) is 5.33. The highest BCUT2D eigenvalue weighted by Gasteiger charge is 2.10. The molecule has 0 radical (unpaired) electrons.